The lowest BCUT2D eigenvalue weighted by Crippen LogP contribution is -2.38. The molecular formula is C23H24N8O2S2. The molecule has 35 heavy (non-hydrogen) atoms. The SMILES string of the molecule is C=CCSc1ncccc1C(=O)N1CCC(c2nc(C(=O)NN=C(N)c3cnccn3)cs2)CC1. The number of nitrogens with one attached hydrogen (secondary N) is 1. The molecule has 0 spiro atoms. The van der Waals surface area contributed by atoms with Crippen LogP contribution in [0.3, 0.4) is 0 Å². The smallest absolute Gasteiger partial charge is 0.290 e. The van der Waals surface area contributed by atoms with E-state index in [4.69, 9.17) is 5.73 Å². The van der Waals surface area contributed by atoms with Crippen LogP contribution in [0.15, 0.2) is 65.1 Å². The number of hydrogen-bond donors (Lipinski definition) is 2. The van der Waals surface area contributed by atoms with Crippen LogP contribution < -0.4 is 11.2 Å². The average molecular weight is 509 g/mol. The molecule has 0 radical (unpaired) electrons. The number of piperidine rings is 1. The van der Waals surface area contributed by atoms with E-state index in [2.05, 4.69) is 37.0 Å². The van der Waals surface area contributed by atoms with Crippen LogP contribution in [0.1, 0.15) is 50.3 Å². The van der Waals surface area contributed by atoms with Crippen LogP contribution in [0.25, 0.3) is 0 Å². The number of likely N-dealkylation sites (tertiary alicyclic amines) is 1. The molecule has 3 N–H and O–H groups in total. The summed E-state index contributed by atoms with van der Waals surface area (Å²) in [5, 5.41) is 7.17. The van der Waals surface area contributed by atoms with Gasteiger partial charge in [-0.3, -0.25) is 14.6 Å². The molecule has 1 aliphatic heterocycles. The molecule has 10 nitrogen and oxygen atoms in total. The van der Waals surface area contributed by atoms with E-state index in [-0.39, 0.29) is 23.4 Å². The highest BCUT2D eigenvalue weighted by molar-refractivity contribution is 7.99. The van der Waals surface area contributed by atoms with Crippen molar-refractivity contribution in [1.29, 1.82) is 0 Å². The number of pyridine rings is 1. The summed E-state index contributed by atoms with van der Waals surface area (Å²) in [6.45, 7) is 4.96. The number of thiazole rings is 1. The summed E-state index contributed by atoms with van der Waals surface area (Å²) < 4.78 is 0. The van der Waals surface area contributed by atoms with Crippen molar-refractivity contribution in [2.45, 2.75) is 23.8 Å². The molecule has 0 unspecified atom stereocenters. The van der Waals surface area contributed by atoms with E-state index < -0.39 is 5.91 Å². The summed E-state index contributed by atoms with van der Waals surface area (Å²) in [6.07, 6.45) is 9.50. The number of rotatable bonds is 8. The van der Waals surface area contributed by atoms with Gasteiger partial charge in [0.2, 0.25) is 0 Å². The summed E-state index contributed by atoms with van der Waals surface area (Å²) in [4.78, 5) is 44.2. The number of hydrogen-bond acceptors (Lipinski definition) is 9. The van der Waals surface area contributed by atoms with Crippen LogP contribution in [-0.4, -0.2) is 61.3 Å². The predicted molar refractivity (Wildman–Crippen MR) is 135 cm³/mol. The number of hydrazone groups is 1. The lowest BCUT2D eigenvalue weighted by atomic mass is 9.97. The van der Waals surface area contributed by atoms with Crippen molar-refractivity contribution in [3.63, 3.8) is 0 Å². The zero-order valence-corrected chi connectivity index (χ0v) is 20.5. The molecular weight excluding hydrogens is 484 g/mol. The van der Waals surface area contributed by atoms with Gasteiger partial charge in [0, 0.05) is 48.7 Å². The highest BCUT2D eigenvalue weighted by atomic mass is 32.2. The molecule has 12 heteroatoms. The minimum absolute atomic E-state index is 0.0131. The Morgan fingerprint density at radius 2 is 2.09 bits per heavy atom. The second-order valence-corrected chi connectivity index (χ2v) is 9.52. The molecule has 1 saturated heterocycles. The Labute approximate surface area is 210 Å². The third-order valence-corrected chi connectivity index (χ3v) is 7.34. The van der Waals surface area contributed by atoms with Gasteiger partial charge in [0.15, 0.2) is 5.84 Å². The van der Waals surface area contributed by atoms with Crippen LogP contribution in [0.5, 0.6) is 0 Å². The molecule has 2 amide bonds. The maximum absolute atomic E-state index is 13.1. The van der Waals surface area contributed by atoms with Crippen molar-refractivity contribution in [2.24, 2.45) is 10.8 Å². The van der Waals surface area contributed by atoms with E-state index in [1.165, 1.54) is 41.7 Å². The molecule has 180 valence electrons. The first-order chi connectivity index (χ1) is 17.1. The third-order valence-electron chi connectivity index (χ3n) is 5.33. The van der Waals surface area contributed by atoms with E-state index >= 15 is 0 Å². The fraction of sp³-hybridized carbons (Fsp3) is 0.261. The lowest BCUT2D eigenvalue weighted by Gasteiger charge is -2.31. The van der Waals surface area contributed by atoms with Crippen molar-refractivity contribution in [2.75, 3.05) is 18.8 Å². The van der Waals surface area contributed by atoms with E-state index in [9.17, 15) is 9.59 Å². The molecule has 0 atom stereocenters. The van der Waals surface area contributed by atoms with Gasteiger partial charge in [-0.05, 0) is 25.0 Å². The topological polar surface area (TPSA) is 139 Å². The summed E-state index contributed by atoms with van der Waals surface area (Å²) in [5.74, 6) is 0.465. The second-order valence-electron chi connectivity index (χ2n) is 7.62. The lowest BCUT2D eigenvalue weighted by molar-refractivity contribution is 0.0708. The largest absolute Gasteiger partial charge is 0.380 e. The number of carbonyl (C=O) groups is 2. The van der Waals surface area contributed by atoms with E-state index in [1.807, 2.05) is 11.0 Å². The fourth-order valence-corrected chi connectivity index (χ4v) is 5.24. The molecule has 3 aromatic heterocycles. The molecule has 3 aromatic rings. The number of amidine groups is 1. The van der Waals surface area contributed by atoms with Gasteiger partial charge in [0.25, 0.3) is 11.8 Å². The highest BCUT2D eigenvalue weighted by Gasteiger charge is 2.28. The number of amides is 2. The van der Waals surface area contributed by atoms with Crippen LogP contribution in [0, 0.1) is 0 Å². The van der Waals surface area contributed by atoms with Gasteiger partial charge >= 0.3 is 0 Å². The van der Waals surface area contributed by atoms with E-state index in [0.29, 0.717) is 30.1 Å². The first kappa shape index (κ1) is 24.5. The van der Waals surface area contributed by atoms with Crippen molar-refractivity contribution >= 4 is 40.7 Å². The molecule has 4 rings (SSSR count). The number of aromatic nitrogens is 4. The maximum atomic E-state index is 13.1. The van der Waals surface area contributed by atoms with Crippen molar-refractivity contribution in [3.8, 4) is 0 Å². The zero-order chi connectivity index (χ0) is 24.6. The van der Waals surface area contributed by atoms with Gasteiger partial charge in [0.1, 0.15) is 16.4 Å². The molecule has 0 aliphatic carbocycles. The summed E-state index contributed by atoms with van der Waals surface area (Å²) in [7, 11) is 0. The molecule has 0 aromatic carbocycles. The van der Waals surface area contributed by atoms with Gasteiger partial charge in [-0.15, -0.1) is 29.7 Å². The van der Waals surface area contributed by atoms with Crippen molar-refractivity contribution < 1.29 is 9.59 Å². The Morgan fingerprint density at radius 3 is 2.83 bits per heavy atom. The Bertz CT molecular complexity index is 1220. The van der Waals surface area contributed by atoms with E-state index in [1.54, 1.807) is 23.7 Å². The van der Waals surface area contributed by atoms with Gasteiger partial charge < -0.3 is 10.6 Å². The zero-order valence-electron chi connectivity index (χ0n) is 18.8. The quantitative estimate of drug-likeness (QED) is 0.156. The predicted octanol–water partition coefficient (Wildman–Crippen LogP) is 2.68. The van der Waals surface area contributed by atoms with Crippen molar-refractivity contribution in [1.82, 2.24) is 30.3 Å². The summed E-state index contributed by atoms with van der Waals surface area (Å²) in [5.41, 5.74) is 9.50. The van der Waals surface area contributed by atoms with Gasteiger partial charge in [-0.2, -0.15) is 5.10 Å². The Morgan fingerprint density at radius 1 is 1.26 bits per heavy atom. The van der Waals surface area contributed by atoms with Gasteiger partial charge in [-0.1, -0.05) is 6.08 Å². The number of carbonyl (C=O) groups excluding carboxylic acids is 2. The van der Waals surface area contributed by atoms with E-state index in [0.717, 1.165) is 22.9 Å². The number of nitrogens with zero attached hydrogens (tertiary/aromatic N) is 6. The Hall–Kier alpha value is -3.64. The number of thioether (sulfide) groups is 1. The molecule has 0 bridgehead atoms. The van der Waals surface area contributed by atoms with Crippen molar-refractivity contribution in [3.05, 3.63) is 76.9 Å². The minimum atomic E-state index is -0.451. The molecule has 1 aliphatic rings. The fourth-order valence-electron chi connectivity index (χ4n) is 3.54. The summed E-state index contributed by atoms with van der Waals surface area (Å²) in [6, 6.07) is 3.60. The highest BCUT2D eigenvalue weighted by Crippen LogP contribution is 2.31. The van der Waals surface area contributed by atoms with Crippen LogP contribution in [-0.2, 0) is 0 Å². The molecule has 0 saturated carbocycles. The Balaban J connectivity index is 1.33. The normalized spacial score (nSPS) is 14.5. The van der Waals surface area contributed by atoms with Crippen LogP contribution >= 0.6 is 23.1 Å². The monoisotopic (exact) mass is 508 g/mol. The summed E-state index contributed by atoms with van der Waals surface area (Å²) >= 11 is 2.93. The first-order valence-corrected chi connectivity index (χ1v) is 12.8. The standard InChI is InChI=1S/C23H24N8O2S2/c1-2-12-34-22-16(4-3-7-27-22)23(33)31-10-5-15(6-11-31)21-28-18(14-35-21)20(32)30-29-19(24)17-13-25-8-9-26-17/h2-4,7-9,13-15H,1,5-6,10-12H2,(H2,24,29)(H,30,32). The van der Waals surface area contributed by atoms with Gasteiger partial charge in [-0.25, -0.2) is 20.4 Å². The molecule has 4 heterocycles. The van der Waals surface area contributed by atoms with Crippen LogP contribution in [0.4, 0.5) is 0 Å². The average Bonchev–Trinajstić information content (AvgIpc) is 3.41. The first-order valence-electron chi connectivity index (χ1n) is 10.9. The van der Waals surface area contributed by atoms with Crippen LogP contribution in [0.2, 0.25) is 0 Å². The van der Waals surface area contributed by atoms with Gasteiger partial charge in [0.05, 0.1) is 16.8 Å². The third kappa shape index (κ3) is 6.08. The minimum Gasteiger partial charge on any atom is -0.380 e. The Kier molecular flexibility index (Phi) is 8.16. The maximum Gasteiger partial charge on any atom is 0.290 e. The molecule has 1 fully saturated rings. The second kappa shape index (κ2) is 11.7. The number of nitrogens with two attached hydrogens (primary N) is 1.